The van der Waals surface area contributed by atoms with Crippen molar-refractivity contribution in [1.29, 1.82) is 0 Å². The Kier molecular flexibility index (Phi) is 3.18. The highest BCUT2D eigenvalue weighted by Gasteiger charge is 2.17. The van der Waals surface area contributed by atoms with E-state index in [0.29, 0.717) is 11.3 Å². The van der Waals surface area contributed by atoms with Crippen LogP contribution in [0.1, 0.15) is 17.4 Å². The maximum Gasteiger partial charge on any atom is 0.175 e. The van der Waals surface area contributed by atoms with Crippen LogP contribution in [0.4, 0.5) is 0 Å². The highest BCUT2D eigenvalue weighted by Crippen LogP contribution is 2.22. The quantitative estimate of drug-likeness (QED) is 0.864. The molecular weight excluding hydrogens is 254 g/mol. The topological polar surface area (TPSA) is 85.1 Å². The number of nitrogens with zero attached hydrogens (tertiary/aromatic N) is 3. The molecule has 0 fully saturated rings. The molecule has 0 radical (unpaired) electrons. The highest BCUT2D eigenvalue weighted by atomic mass is 32.2. The van der Waals surface area contributed by atoms with E-state index in [1.54, 1.807) is 19.2 Å². The lowest BCUT2D eigenvalue weighted by Gasteiger charge is -2.11. The number of hydrogen-bond donors (Lipinski definition) is 1. The summed E-state index contributed by atoms with van der Waals surface area (Å²) in [4.78, 5) is 0.175. The van der Waals surface area contributed by atoms with Crippen molar-refractivity contribution in [2.75, 3.05) is 6.26 Å². The van der Waals surface area contributed by atoms with Gasteiger partial charge in [-0.15, -0.1) is 5.10 Å². The van der Waals surface area contributed by atoms with Crippen molar-refractivity contribution in [2.45, 2.75) is 11.0 Å². The first-order chi connectivity index (χ1) is 8.39. The summed E-state index contributed by atoms with van der Waals surface area (Å²) in [5.41, 5.74) is 0.990. The molecule has 0 saturated carbocycles. The number of aryl methyl sites for hydroxylation is 1. The second-order valence-corrected chi connectivity index (χ2v) is 6.05. The second kappa shape index (κ2) is 4.51. The normalized spacial score (nSPS) is 13.5. The molecule has 1 atom stereocenters. The molecule has 0 aliphatic carbocycles. The van der Waals surface area contributed by atoms with Crippen LogP contribution in [0.5, 0.6) is 0 Å². The van der Waals surface area contributed by atoms with Crippen LogP contribution in [-0.2, 0) is 16.9 Å². The molecule has 2 rings (SSSR count). The summed E-state index contributed by atoms with van der Waals surface area (Å²) in [5.74, 6) is 0. The predicted molar refractivity (Wildman–Crippen MR) is 64.6 cm³/mol. The van der Waals surface area contributed by atoms with Crippen LogP contribution in [0.25, 0.3) is 0 Å². The van der Waals surface area contributed by atoms with Crippen molar-refractivity contribution < 1.29 is 13.5 Å². The molecule has 0 bridgehead atoms. The number of benzene rings is 1. The van der Waals surface area contributed by atoms with Crippen molar-refractivity contribution in [3.63, 3.8) is 0 Å². The Labute approximate surface area is 105 Å². The Morgan fingerprint density at radius 2 is 2.11 bits per heavy atom. The Morgan fingerprint density at radius 3 is 2.67 bits per heavy atom. The molecule has 0 aliphatic rings. The Balaban J connectivity index is 2.44. The van der Waals surface area contributed by atoms with Crippen LogP contribution in [0.15, 0.2) is 35.4 Å². The molecular formula is C11H13N3O3S. The van der Waals surface area contributed by atoms with Gasteiger partial charge in [-0.3, -0.25) is 0 Å². The number of sulfone groups is 1. The lowest BCUT2D eigenvalue weighted by molar-refractivity contribution is 0.209. The van der Waals surface area contributed by atoms with Crippen LogP contribution < -0.4 is 0 Å². The standard InChI is InChI=1S/C11H13N3O3S/c1-14-10(7-12-13-14)11(15)8-4-3-5-9(6-8)18(2,16)17/h3-7,11,15H,1-2H3. The van der Waals surface area contributed by atoms with Crippen molar-refractivity contribution in [2.24, 2.45) is 7.05 Å². The van der Waals surface area contributed by atoms with Gasteiger partial charge in [-0.2, -0.15) is 0 Å². The lowest BCUT2D eigenvalue weighted by atomic mass is 10.1. The molecule has 96 valence electrons. The SMILES string of the molecule is Cn1nncc1C(O)c1cccc(S(C)(=O)=O)c1. The van der Waals surface area contributed by atoms with Crippen LogP contribution in [0.2, 0.25) is 0 Å². The average molecular weight is 267 g/mol. The fourth-order valence-electron chi connectivity index (χ4n) is 1.63. The molecule has 1 N–H and O–H groups in total. The predicted octanol–water partition coefficient (Wildman–Crippen LogP) is 0.300. The van der Waals surface area contributed by atoms with Gasteiger partial charge in [0, 0.05) is 13.3 Å². The lowest BCUT2D eigenvalue weighted by Crippen LogP contribution is -2.07. The molecule has 1 aromatic heterocycles. The zero-order chi connectivity index (χ0) is 13.3. The van der Waals surface area contributed by atoms with Gasteiger partial charge in [-0.05, 0) is 17.7 Å². The molecule has 1 heterocycles. The average Bonchev–Trinajstić information content (AvgIpc) is 2.73. The maximum atomic E-state index is 11.4. The summed E-state index contributed by atoms with van der Waals surface area (Å²) in [7, 11) is -1.63. The van der Waals surface area contributed by atoms with E-state index < -0.39 is 15.9 Å². The fourth-order valence-corrected chi connectivity index (χ4v) is 2.31. The third-order valence-corrected chi connectivity index (χ3v) is 3.74. The van der Waals surface area contributed by atoms with E-state index in [1.165, 1.54) is 23.0 Å². The zero-order valence-electron chi connectivity index (χ0n) is 9.98. The van der Waals surface area contributed by atoms with Gasteiger partial charge >= 0.3 is 0 Å². The minimum absolute atomic E-state index is 0.175. The summed E-state index contributed by atoms with van der Waals surface area (Å²) >= 11 is 0. The summed E-state index contributed by atoms with van der Waals surface area (Å²) in [6, 6.07) is 6.20. The monoisotopic (exact) mass is 267 g/mol. The number of hydrogen-bond acceptors (Lipinski definition) is 5. The molecule has 18 heavy (non-hydrogen) atoms. The van der Waals surface area contributed by atoms with Crippen molar-refractivity contribution in [1.82, 2.24) is 15.0 Å². The van der Waals surface area contributed by atoms with Crippen LogP contribution in [-0.4, -0.2) is 34.8 Å². The van der Waals surface area contributed by atoms with Gasteiger partial charge in [0.2, 0.25) is 0 Å². The third-order valence-electron chi connectivity index (χ3n) is 2.63. The number of aliphatic hydroxyl groups excluding tert-OH is 1. The minimum atomic E-state index is -3.29. The first kappa shape index (κ1) is 12.7. The molecule has 0 aliphatic heterocycles. The molecule has 0 saturated heterocycles. The van der Waals surface area contributed by atoms with E-state index in [4.69, 9.17) is 0 Å². The second-order valence-electron chi connectivity index (χ2n) is 4.03. The Morgan fingerprint density at radius 1 is 1.39 bits per heavy atom. The van der Waals surface area contributed by atoms with Gasteiger partial charge in [0.1, 0.15) is 6.10 Å². The first-order valence-corrected chi connectivity index (χ1v) is 7.11. The van der Waals surface area contributed by atoms with Gasteiger partial charge in [-0.25, -0.2) is 13.1 Å². The Hall–Kier alpha value is -1.73. The van der Waals surface area contributed by atoms with E-state index in [9.17, 15) is 13.5 Å². The molecule has 0 spiro atoms. The molecule has 7 heteroatoms. The Bertz CT molecular complexity index is 664. The van der Waals surface area contributed by atoms with Gasteiger partial charge in [0.05, 0.1) is 16.8 Å². The van der Waals surface area contributed by atoms with E-state index in [-0.39, 0.29) is 4.90 Å². The van der Waals surface area contributed by atoms with E-state index >= 15 is 0 Å². The molecule has 1 unspecified atom stereocenters. The third kappa shape index (κ3) is 2.41. The van der Waals surface area contributed by atoms with E-state index in [0.717, 1.165) is 6.26 Å². The van der Waals surface area contributed by atoms with E-state index in [1.807, 2.05) is 0 Å². The summed E-state index contributed by atoms with van der Waals surface area (Å²) in [6.45, 7) is 0. The first-order valence-electron chi connectivity index (χ1n) is 5.22. The van der Waals surface area contributed by atoms with Crippen LogP contribution in [0.3, 0.4) is 0 Å². The molecule has 0 amide bonds. The van der Waals surface area contributed by atoms with Gasteiger partial charge in [0.25, 0.3) is 0 Å². The fraction of sp³-hybridized carbons (Fsp3) is 0.273. The summed E-state index contributed by atoms with van der Waals surface area (Å²) in [6.07, 6.45) is 1.62. The highest BCUT2D eigenvalue weighted by molar-refractivity contribution is 7.90. The largest absolute Gasteiger partial charge is 0.382 e. The molecule has 2 aromatic rings. The zero-order valence-corrected chi connectivity index (χ0v) is 10.8. The maximum absolute atomic E-state index is 11.4. The van der Waals surface area contributed by atoms with Gasteiger partial charge < -0.3 is 5.11 Å². The van der Waals surface area contributed by atoms with Crippen molar-refractivity contribution in [3.05, 3.63) is 41.7 Å². The van der Waals surface area contributed by atoms with E-state index in [2.05, 4.69) is 10.3 Å². The van der Waals surface area contributed by atoms with Gasteiger partial charge in [-0.1, -0.05) is 17.3 Å². The summed E-state index contributed by atoms with van der Waals surface area (Å²) < 4.78 is 24.3. The van der Waals surface area contributed by atoms with Crippen molar-refractivity contribution in [3.8, 4) is 0 Å². The van der Waals surface area contributed by atoms with Crippen LogP contribution >= 0.6 is 0 Å². The van der Waals surface area contributed by atoms with Crippen molar-refractivity contribution >= 4 is 9.84 Å². The van der Waals surface area contributed by atoms with Crippen LogP contribution in [0, 0.1) is 0 Å². The number of rotatable bonds is 3. The number of aromatic nitrogens is 3. The minimum Gasteiger partial charge on any atom is -0.382 e. The number of aliphatic hydroxyl groups is 1. The van der Waals surface area contributed by atoms with Gasteiger partial charge in [0.15, 0.2) is 9.84 Å². The summed E-state index contributed by atoms with van der Waals surface area (Å²) in [5, 5.41) is 17.6. The molecule has 1 aromatic carbocycles. The molecule has 6 nitrogen and oxygen atoms in total. The smallest absolute Gasteiger partial charge is 0.175 e.